The summed E-state index contributed by atoms with van der Waals surface area (Å²) >= 11 is 0. The van der Waals surface area contributed by atoms with Crippen LogP contribution >= 0.6 is 24.8 Å². The minimum absolute atomic E-state index is 0. The highest BCUT2D eigenvalue weighted by Gasteiger charge is 2.20. The number of hydrogen-bond donors (Lipinski definition) is 2. The molecule has 0 spiro atoms. The zero-order valence-electron chi connectivity index (χ0n) is 16.1. The summed E-state index contributed by atoms with van der Waals surface area (Å²) in [6.07, 6.45) is 0.951. The number of fused-ring (bicyclic) bond motifs is 1. The molecule has 0 radical (unpaired) electrons. The van der Waals surface area contributed by atoms with E-state index in [1.165, 1.54) is 11.1 Å². The number of rotatable bonds is 6. The Labute approximate surface area is 178 Å². The molecule has 0 saturated heterocycles. The van der Waals surface area contributed by atoms with E-state index in [1.807, 2.05) is 24.3 Å². The van der Waals surface area contributed by atoms with Crippen molar-refractivity contribution in [1.29, 1.82) is 0 Å². The van der Waals surface area contributed by atoms with Crippen molar-refractivity contribution in [3.05, 3.63) is 53.1 Å². The topological polar surface area (TPSA) is 76.8 Å². The van der Waals surface area contributed by atoms with E-state index in [0.717, 1.165) is 48.8 Å². The predicted molar refractivity (Wildman–Crippen MR) is 116 cm³/mol. The Bertz CT molecular complexity index is 802. The molecular weight excluding hydrogens is 401 g/mol. The van der Waals surface area contributed by atoms with E-state index in [0.29, 0.717) is 0 Å². The van der Waals surface area contributed by atoms with Crippen LogP contribution in [0.3, 0.4) is 0 Å². The smallest absolute Gasteiger partial charge is 0.238 e. The molecular formula is C20H27Cl2N3O3. The third kappa shape index (κ3) is 5.52. The van der Waals surface area contributed by atoms with Gasteiger partial charge in [0.05, 0.1) is 20.8 Å². The lowest BCUT2D eigenvalue weighted by Gasteiger charge is -2.30. The molecule has 1 amide bonds. The average Bonchev–Trinajstić information content (AvgIpc) is 2.68. The van der Waals surface area contributed by atoms with Crippen molar-refractivity contribution in [2.24, 2.45) is 5.73 Å². The third-order valence-corrected chi connectivity index (χ3v) is 4.67. The van der Waals surface area contributed by atoms with Gasteiger partial charge < -0.3 is 20.5 Å². The molecule has 3 rings (SSSR count). The summed E-state index contributed by atoms with van der Waals surface area (Å²) in [5, 5.41) is 2.88. The van der Waals surface area contributed by atoms with Gasteiger partial charge in [-0.25, -0.2) is 0 Å². The van der Waals surface area contributed by atoms with Crippen LogP contribution in [0.1, 0.15) is 16.7 Å². The van der Waals surface area contributed by atoms with Crippen LogP contribution in [0.15, 0.2) is 36.4 Å². The Hall–Kier alpha value is -1.99. The van der Waals surface area contributed by atoms with E-state index < -0.39 is 0 Å². The van der Waals surface area contributed by atoms with Crippen LogP contribution in [-0.4, -0.2) is 38.1 Å². The molecule has 1 aliphatic heterocycles. The highest BCUT2D eigenvalue weighted by molar-refractivity contribution is 5.92. The molecule has 154 valence electrons. The Morgan fingerprint density at radius 1 is 1.11 bits per heavy atom. The average molecular weight is 428 g/mol. The van der Waals surface area contributed by atoms with Crippen LogP contribution in [0.4, 0.5) is 5.69 Å². The minimum atomic E-state index is -0.182. The summed E-state index contributed by atoms with van der Waals surface area (Å²) in [7, 11) is 3.31. The van der Waals surface area contributed by atoms with E-state index >= 15 is 0 Å². The first-order valence-corrected chi connectivity index (χ1v) is 8.68. The van der Waals surface area contributed by atoms with Gasteiger partial charge in [0.1, 0.15) is 0 Å². The van der Waals surface area contributed by atoms with Crippen molar-refractivity contribution in [3.63, 3.8) is 0 Å². The van der Waals surface area contributed by atoms with Crippen molar-refractivity contribution in [1.82, 2.24) is 4.90 Å². The Morgan fingerprint density at radius 2 is 1.75 bits per heavy atom. The number of nitrogens with two attached hydrogens (primary N) is 1. The molecule has 1 aliphatic rings. The normalized spacial score (nSPS) is 12.8. The number of nitrogens with zero attached hydrogens (tertiary/aromatic N) is 1. The Morgan fingerprint density at radius 3 is 2.39 bits per heavy atom. The predicted octanol–water partition coefficient (Wildman–Crippen LogP) is 3.00. The summed E-state index contributed by atoms with van der Waals surface area (Å²) in [6, 6.07) is 12.0. The summed E-state index contributed by atoms with van der Waals surface area (Å²) in [4.78, 5) is 14.0. The highest BCUT2D eigenvalue weighted by Crippen LogP contribution is 2.33. The standard InChI is InChI=1S/C20H25N3O3.2ClH/c1-25-18-9-14-7-8-23(13-16(14)10-19(18)26-2)12-15-5-3-4-6-17(15)22-20(24)11-21;;/h3-6,9-10H,7-8,11-13,21H2,1-2H3,(H,22,24);2*1H. The van der Waals surface area contributed by atoms with Crippen molar-refractivity contribution >= 4 is 36.4 Å². The molecule has 0 bridgehead atoms. The van der Waals surface area contributed by atoms with Gasteiger partial charge in [-0.2, -0.15) is 0 Å². The van der Waals surface area contributed by atoms with Crippen LogP contribution < -0.4 is 20.5 Å². The first-order chi connectivity index (χ1) is 12.6. The first-order valence-electron chi connectivity index (χ1n) is 8.68. The number of para-hydroxylation sites is 1. The number of benzene rings is 2. The van der Waals surface area contributed by atoms with Gasteiger partial charge in [-0.3, -0.25) is 9.69 Å². The number of halogens is 2. The second kappa shape index (κ2) is 11.1. The molecule has 0 saturated carbocycles. The van der Waals surface area contributed by atoms with Crippen LogP contribution in [0.2, 0.25) is 0 Å². The Balaban J connectivity index is 0.00000196. The number of methoxy groups -OCH3 is 2. The lowest BCUT2D eigenvalue weighted by Crippen LogP contribution is -2.31. The summed E-state index contributed by atoms with van der Waals surface area (Å²) in [6.45, 7) is 2.51. The number of hydrogen-bond acceptors (Lipinski definition) is 5. The number of carbonyl (C=O) groups excluding carboxylic acids is 1. The van der Waals surface area contributed by atoms with Crippen LogP contribution in [-0.2, 0) is 24.3 Å². The van der Waals surface area contributed by atoms with Crippen molar-refractivity contribution < 1.29 is 14.3 Å². The largest absolute Gasteiger partial charge is 0.493 e. The van der Waals surface area contributed by atoms with Crippen molar-refractivity contribution in [2.45, 2.75) is 19.5 Å². The molecule has 1 heterocycles. The van der Waals surface area contributed by atoms with E-state index in [2.05, 4.69) is 22.3 Å². The van der Waals surface area contributed by atoms with E-state index in [9.17, 15) is 4.79 Å². The second-order valence-corrected chi connectivity index (χ2v) is 6.35. The lowest BCUT2D eigenvalue weighted by atomic mass is 9.98. The van der Waals surface area contributed by atoms with Crippen LogP contribution in [0.25, 0.3) is 0 Å². The summed E-state index contributed by atoms with van der Waals surface area (Å²) in [5.74, 6) is 1.34. The fraction of sp³-hybridized carbons (Fsp3) is 0.350. The van der Waals surface area contributed by atoms with Crippen LogP contribution in [0.5, 0.6) is 11.5 Å². The molecule has 0 aliphatic carbocycles. The number of amides is 1. The number of ether oxygens (including phenoxy) is 2. The SMILES string of the molecule is COc1cc2c(cc1OC)CN(Cc1ccccc1NC(=O)CN)CC2.Cl.Cl. The van der Waals surface area contributed by atoms with E-state index in [4.69, 9.17) is 15.2 Å². The first kappa shape index (κ1) is 24.0. The zero-order chi connectivity index (χ0) is 18.5. The third-order valence-electron chi connectivity index (χ3n) is 4.67. The maximum atomic E-state index is 11.6. The van der Waals surface area contributed by atoms with Gasteiger partial charge in [0.15, 0.2) is 11.5 Å². The Kier molecular flexibility index (Phi) is 9.55. The van der Waals surface area contributed by atoms with Crippen molar-refractivity contribution in [2.75, 3.05) is 32.6 Å². The molecule has 0 atom stereocenters. The summed E-state index contributed by atoms with van der Waals surface area (Å²) < 4.78 is 10.8. The maximum absolute atomic E-state index is 11.6. The van der Waals surface area contributed by atoms with E-state index in [1.54, 1.807) is 14.2 Å². The van der Waals surface area contributed by atoms with Gasteiger partial charge >= 0.3 is 0 Å². The van der Waals surface area contributed by atoms with Gasteiger partial charge in [0.2, 0.25) is 5.91 Å². The molecule has 2 aromatic rings. The maximum Gasteiger partial charge on any atom is 0.238 e. The molecule has 8 heteroatoms. The van der Waals surface area contributed by atoms with Gasteiger partial charge in [-0.1, -0.05) is 18.2 Å². The molecule has 3 N–H and O–H groups in total. The lowest BCUT2D eigenvalue weighted by molar-refractivity contribution is -0.114. The molecule has 2 aromatic carbocycles. The van der Waals surface area contributed by atoms with Gasteiger partial charge in [0, 0.05) is 25.3 Å². The fourth-order valence-electron chi connectivity index (χ4n) is 3.30. The minimum Gasteiger partial charge on any atom is -0.493 e. The number of anilines is 1. The monoisotopic (exact) mass is 427 g/mol. The number of carbonyl (C=O) groups is 1. The highest BCUT2D eigenvalue weighted by atomic mass is 35.5. The molecule has 6 nitrogen and oxygen atoms in total. The zero-order valence-corrected chi connectivity index (χ0v) is 17.7. The molecule has 28 heavy (non-hydrogen) atoms. The molecule has 0 aromatic heterocycles. The molecule has 0 unspecified atom stereocenters. The van der Waals surface area contributed by atoms with Crippen LogP contribution in [0, 0.1) is 0 Å². The number of nitrogens with one attached hydrogen (secondary N) is 1. The second-order valence-electron chi connectivity index (χ2n) is 6.35. The quantitative estimate of drug-likeness (QED) is 0.740. The van der Waals surface area contributed by atoms with Gasteiger partial charge in [-0.15, -0.1) is 24.8 Å². The molecule has 0 fully saturated rings. The summed E-state index contributed by atoms with van der Waals surface area (Å²) in [5.41, 5.74) is 9.86. The fourth-order valence-corrected chi connectivity index (χ4v) is 3.30. The van der Waals surface area contributed by atoms with Gasteiger partial charge in [-0.05, 0) is 41.3 Å². The van der Waals surface area contributed by atoms with Crippen molar-refractivity contribution in [3.8, 4) is 11.5 Å². The van der Waals surface area contributed by atoms with Gasteiger partial charge in [0.25, 0.3) is 0 Å². The van der Waals surface area contributed by atoms with E-state index in [-0.39, 0.29) is 37.3 Å².